The second-order valence-electron chi connectivity index (χ2n) is 5.97. The van der Waals surface area contributed by atoms with Gasteiger partial charge in [-0.3, -0.25) is 4.79 Å². The highest BCUT2D eigenvalue weighted by Gasteiger charge is 2.30. The lowest BCUT2D eigenvalue weighted by molar-refractivity contribution is -0.122. The SMILES string of the molecule is CNC(=O)[C@@H]1C[C@@H](n2cc(CNC(=O)Nc3ccc(Cl)cc3)nn2)CN1.Cl. The van der Waals surface area contributed by atoms with Gasteiger partial charge in [0.05, 0.1) is 24.8 Å². The van der Waals surface area contributed by atoms with Gasteiger partial charge in [0.25, 0.3) is 0 Å². The summed E-state index contributed by atoms with van der Waals surface area (Å²) in [6, 6.07) is 6.32. The van der Waals surface area contributed by atoms with Crippen molar-refractivity contribution in [1.82, 2.24) is 30.9 Å². The van der Waals surface area contributed by atoms with Crippen molar-refractivity contribution < 1.29 is 9.59 Å². The van der Waals surface area contributed by atoms with Crippen LogP contribution in [0, 0.1) is 0 Å². The molecule has 0 spiro atoms. The number of urea groups is 1. The number of likely N-dealkylation sites (N-methyl/N-ethyl adjacent to an activating group) is 1. The van der Waals surface area contributed by atoms with Crippen LogP contribution in [0.3, 0.4) is 0 Å². The predicted molar refractivity (Wildman–Crippen MR) is 104 cm³/mol. The molecule has 11 heteroatoms. The Kier molecular flexibility index (Phi) is 7.40. The minimum absolute atomic E-state index is 0. The van der Waals surface area contributed by atoms with Gasteiger partial charge in [0.1, 0.15) is 5.69 Å². The molecule has 0 unspecified atom stereocenters. The number of carbonyl (C=O) groups is 2. The van der Waals surface area contributed by atoms with E-state index in [1.807, 2.05) is 0 Å². The highest BCUT2D eigenvalue weighted by molar-refractivity contribution is 6.30. The predicted octanol–water partition coefficient (Wildman–Crippen LogP) is 1.32. The van der Waals surface area contributed by atoms with Crippen molar-refractivity contribution >= 4 is 41.6 Å². The van der Waals surface area contributed by atoms with E-state index in [2.05, 4.69) is 31.6 Å². The van der Waals surface area contributed by atoms with Gasteiger partial charge in [0, 0.05) is 24.3 Å². The number of hydrogen-bond acceptors (Lipinski definition) is 5. The quantitative estimate of drug-likeness (QED) is 0.590. The first-order chi connectivity index (χ1) is 12.5. The number of benzene rings is 1. The molecule has 27 heavy (non-hydrogen) atoms. The molecule has 3 amide bonds. The van der Waals surface area contributed by atoms with Crippen LogP contribution in [0.1, 0.15) is 18.2 Å². The van der Waals surface area contributed by atoms with Gasteiger partial charge in [0.2, 0.25) is 5.91 Å². The van der Waals surface area contributed by atoms with Crippen LogP contribution in [-0.4, -0.2) is 46.6 Å². The van der Waals surface area contributed by atoms with Crippen molar-refractivity contribution in [3.05, 3.63) is 41.2 Å². The maximum absolute atomic E-state index is 11.9. The van der Waals surface area contributed by atoms with Gasteiger partial charge in [0.15, 0.2) is 0 Å². The van der Waals surface area contributed by atoms with Crippen LogP contribution in [0.5, 0.6) is 0 Å². The number of anilines is 1. The smallest absolute Gasteiger partial charge is 0.319 e. The molecule has 4 N–H and O–H groups in total. The van der Waals surface area contributed by atoms with Gasteiger partial charge in [-0.05, 0) is 30.7 Å². The first-order valence-electron chi connectivity index (χ1n) is 8.21. The summed E-state index contributed by atoms with van der Waals surface area (Å²) in [7, 11) is 1.62. The van der Waals surface area contributed by atoms with E-state index in [1.165, 1.54) is 0 Å². The van der Waals surface area contributed by atoms with Crippen molar-refractivity contribution in [2.24, 2.45) is 0 Å². The fourth-order valence-electron chi connectivity index (χ4n) is 2.74. The highest BCUT2D eigenvalue weighted by Crippen LogP contribution is 2.19. The Labute approximate surface area is 167 Å². The topological polar surface area (TPSA) is 113 Å². The minimum atomic E-state index is -0.343. The average molecular weight is 414 g/mol. The first kappa shape index (κ1) is 20.9. The number of carbonyl (C=O) groups excluding carboxylic acids is 2. The third kappa shape index (κ3) is 5.56. The summed E-state index contributed by atoms with van der Waals surface area (Å²) >= 11 is 5.81. The van der Waals surface area contributed by atoms with Crippen LogP contribution in [0.25, 0.3) is 0 Å². The number of nitrogens with zero attached hydrogens (tertiary/aromatic N) is 3. The number of halogens is 2. The third-order valence-corrected chi connectivity index (χ3v) is 4.39. The second kappa shape index (κ2) is 9.54. The van der Waals surface area contributed by atoms with E-state index in [0.717, 1.165) is 0 Å². The molecule has 1 aliphatic rings. The Hall–Kier alpha value is -2.36. The maximum atomic E-state index is 11.9. The van der Waals surface area contributed by atoms with Crippen molar-refractivity contribution in [1.29, 1.82) is 0 Å². The van der Waals surface area contributed by atoms with Crippen LogP contribution in [0.4, 0.5) is 10.5 Å². The highest BCUT2D eigenvalue weighted by atomic mass is 35.5. The van der Waals surface area contributed by atoms with Gasteiger partial charge in [-0.2, -0.15) is 0 Å². The largest absolute Gasteiger partial charge is 0.358 e. The molecule has 2 heterocycles. The summed E-state index contributed by atoms with van der Waals surface area (Å²) in [5.41, 5.74) is 1.28. The van der Waals surface area contributed by atoms with Crippen molar-refractivity contribution in [3.63, 3.8) is 0 Å². The van der Waals surface area contributed by atoms with Crippen LogP contribution in [0.15, 0.2) is 30.5 Å². The van der Waals surface area contributed by atoms with Crippen LogP contribution >= 0.6 is 24.0 Å². The summed E-state index contributed by atoms with van der Waals surface area (Å²) in [6.45, 7) is 0.893. The molecule has 0 aliphatic carbocycles. The Morgan fingerprint density at radius 3 is 2.78 bits per heavy atom. The van der Waals surface area contributed by atoms with E-state index in [-0.39, 0.29) is 43.0 Å². The molecule has 0 radical (unpaired) electrons. The minimum Gasteiger partial charge on any atom is -0.358 e. The zero-order valence-corrected chi connectivity index (χ0v) is 16.2. The Balaban J connectivity index is 0.00000261. The number of rotatable bonds is 5. The van der Waals surface area contributed by atoms with Gasteiger partial charge >= 0.3 is 6.03 Å². The van der Waals surface area contributed by atoms with Crippen LogP contribution < -0.4 is 21.3 Å². The van der Waals surface area contributed by atoms with E-state index >= 15 is 0 Å². The van der Waals surface area contributed by atoms with Crippen LogP contribution in [0.2, 0.25) is 5.02 Å². The molecule has 0 saturated carbocycles. The first-order valence-corrected chi connectivity index (χ1v) is 8.59. The van der Waals surface area contributed by atoms with E-state index in [9.17, 15) is 9.59 Å². The van der Waals surface area contributed by atoms with E-state index < -0.39 is 0 Å². The molecule has 1 fully saturated rings. The zero-order chi connectivity index (χ0) is 18.5. The summed E-state index contributed by atoms with van der Waals surface area (Å²) < 4.78 is 1.73. The molecule has 3 rings (SSSR count). The van der Waals surface area contributed by atoms with Gasteiger partial charge in [-0.25, -0.2) is 9.48 Å². The second-order valence-corrected chi connectivity index (χ2v) is 6.41. The molecule has 1 saturated heterocycles. The third-order valence-electron chi connectivity index (χ3n) is 4.13. The molecule has 1 aromatic carbocycles. The summed E-state index contributed by atoms with van der Waals surface area (Å²) in [5, 5.41) is 20.0. The van der Waals surface area contributed by atoms with Gasteiger partial charge in [-0.15, -0.1) is 17.5 Å². The Morgan fingerprint density at radius 1 is 1.33 bits per heavy atom. The molecule has 2 aromatic rings. The molecule has 1 aromatic heterocycles. The van der Waals surface area contributed by atoms with Crippen molar-refractivity contribution in [2.75, 3.05) is 18.9 Å². The number of aromatic nitrogens is 3. The fourth-order valence-corrected chi connectivity index (χ4v) is 2.87. The molecule has 1 aliphatic heterocycles. The lowest BCUT2D eigenvalue weighted by Gasteiger charge is -2.09. The lowest BCUT2D eigenvalue weighted by atomic mass is 10.1. The maximum Gasteiger partial charge on any atom is 0.319 e. The summed E-state index contributed by atoms with van der Waals surface area (Å²) in [6.07, 6.45) is 2.42. The van der Waals surface area contributed by atoms with E-state index in [0.29, 0.717) is 29.4 Å². The average Bonchev–Trinajstić information content (AvgIpc) is 3.30. The summed E-state index contributed by atoms with van der Waals surface area (Å²) in [5.74, 6) is -0.0339. The fraction of sp³-hybridized carbons (Fsp3) is 0.375. The summed E-state index contributed by atoms with van der Waals surface area (Å²) in [4.78, 5) is 23.6. The molecular weight excluding hydrogens is 393 g/mol. The van der Waals surface area contributed by atoms with Crippen molar-refractivity contribution in [2.45, 2.75) is 25.0 Å². The van der Waals surface area contributed by atoms with Crippen molar-refractivity contribution in [3.8, 4) is 0 Å². The van der Waals surface area contributed by atoms with Crippen LogP contribution in [-0.2, 0) is 11.3 Å². The lowest BCUT2D eigenvalue weighted by Crippen LogP contribution is -2.38. The van der Waals surface area contributed by atoms with E-state index in [1.54, 1.807) is 42.2 Å². The molecule has 146 valence electrons. The van der Waals surface area contributed by atoms with Gasteiger partial charge < -0.3 is 21.3 Å². The Morgan fingerprint density at radius 2 is 2.07 bits per heavy atom. The zero-order valence-electron chi connectivity index (χ0n) is 14.6. The molecule has 2 atom stereocenters. The standard InChI is InChI=1S/C16H20ClN7O2.ClH/c1-18-15(25)14-6-13(8-19-14)24-9-12(22-23-24)7-20-16(26)21-11-4-2-10(17)3-5-11;/h2-5,9,13-14,19H,6-8H2,1H3,(H,18,25)(H2,20,21,26);1H/t13-,14+;/m1./s1. The van der Waals surface area contributed by atoms with E-state index in [4.69, 9.17) is 11.6 Å². The number of hydrogen-bond donors (Lipinski definition) is 4. The molecular formula is C16H21Cl2N7O2. The number of nitrogens with one attached hydrogen (secondary N) is 4. The molecule has 0 bridgehead atoms. The molecule has 9 nitrogen and oxygen atoms in total. The number of amides is 3. The monoisotopic (exact) mass is 413 g/mol. The van der Waals surface area contributed by atoms with Gasteiger partial charge in [-0.1, -0.05) is 16.8 Å². The normalized spacial score (nSPS) is 18.4. The Bertz CT molecular complexity index is 781.